The molecule has 2 fully saturated rings. The molecule has 0 aromatic rings. The predicted octanol–water partition coefficient (Wildman–Crippen LogP) is 2.10. The third-order valence-corrected chi connectivity index (χ3v) is 3.69. The van der Waals surface area contributed by atoms with E-state index in [1.165, 1.54) is 0 Å². The van der Waals surface area contributed by atoms with E-state index >= 15 is 0 Å². The summed E-state index contributed by atoms with van der Waals surface area (Å²) >= 11 is 0. The normalized spacial score (nSPS) is 32.0. The van der Waals surface area contributed by atoms with Gasteiger partial charge >= 0.3 is 0 Å². The molecule has 2 rings (SSSR count). The van der Waals surface area contributed by atoms with Gasteiger partial charge < -0.3 is 4.90 Å². The monoisotopic (exact) mass is 237 g/mol. The molecular weight excluding hydrogens is 214 g/mol. The van der Waals surface area contributed by atoms with E-state index in [-0.39, 0.29) is 35.0 Å². The van der Waals surface area contributed by atoms with Crippen LogP contribution in [-0.2, 0) is 9.59 Å². The van der Waals surface area contributed by atoms with Crippen LogP contribution in [0.3, 0.4) is 0 Å². The molecule has 1 aliphatic heterocycles. The zero-order chi connectivity index (χ0) is 13.0. The maximum atomic E-state index is 12.2. The van der Waals surface area contributed by atoms with Gasteiger partial charge in [-0.2, -0.15) is 0 Å². The molecular formula is C14H23NO2. The molecule has 0 bridgehead atoms. The zero-order valence-corrected chi connectivity index (χ0v) is 11.5. The van der Waals surface area contributed by atoms with Crippen molar-refractivity contribution in [3.8, 4) is 0 Å². The van der Waals surface area contributed by atoms with Gasteiger partial charge in [0.05, 0.1) is 6.04 Å². The molecule has 3 atom stereocenters. The molecule has 2 aliphatic rings. The number of ketones is 1. The number of piperidine rings is 1. The van der Waals surface area contributed by atoms with Crippen molar-refractivity contribution in [3.63, 3.8) is 0 Å². The summed E-state index contributed by atoms with van der Waals surface area (Å²) in [5.41, 5.74) is 0.0575. The van der Waals surface area contributed by atoms with Crippen molar-refractivity contribution in [3.05, 3.63) is 0 Å². The standard InChI is InChI=1S/C14H23NO2/c1-8(2)12(16)11-9-6-10(9)13(17)15(11)7-14(3,4)5/h8-11H,6-7H2,1-5H3/t9-,10+,11-/m0/s1. The first-order valence-corrected chi connectivity index (χ1v) is 6.56. The van der Waals surface area contributed by atoms with Gasteiger partial charge in [0.2, 0.25) is 5.91 Å². The number of carbonyl (C=O) groups excluding carboxylic acids is 2. The molecule has 3 nitrogen and oxygen atoms in total. The lowest BCUT2D eigenvalue weighted by Crippen LogP contribution is -2.47. The van der Waals surface area contributed by atoms with Crippen molar-refractivity contribution in [2.75, 3.05) is 6.54 Å². The van der Waals surface area contributed by atoms with Gasteiger partial charge in [-0.25, -0.2) is 0 Å². The first kappa shape index (κ1) is 12.6. The lowest BCUT2D eigenvalue weighted by molar-refractivity contribution is -0.139. The number of nitrogens with zero attached hydrogens (tertiary/aromatic N) is 1. The summed E-state index contributed by atoms with van der Waals surface area (Å²) in [5.74, 6) is 0.955. The van der Waals surface area contributed by atoms with Crippen molar-refractivity contribution >= 4 is 11.7 Å². The second kappa shape index (κ2) is 3.82. The molecule has 1 aliphatic carbocycles. The van der Waals surface area contributed by atoms with Gasteiger partial charge in [0.25, 0.3) is 0 Å². The van der Waals surface area contributed by atoms with E-state index in [0.29, 0.717) is 12.5 Å². The van der Waals surface area contributed by atoms with Gasteiger partial charge in [0.15, 0.2) is 5.78 Å². The lowest BCUT2D eigenvalue weighted by atomic mass is 9.93. The Labute approximate surface area is 104 Å². The van der Waals surface area contributed by atoms with E-state index in [1.807, 2.05) is 18.7 Å². The Kier molecular flexibility index (Phi) is 2.83. The Morgan fingerprint density at radius 2 is 2.00 bits per heavy atom. The molecule has 0 aromatic carbocycles. The van der Waals surface area contributed by atoms with E-state index in [9.17, 15) is 9.59 Å². The zero-order valence-electron chi connectivity index (χ0n) is 11.5. The molecule has 1 amide bonds. The Morgan fingerprint density at radius 1 is 1.41 bits per heavy atom. The highest BCUT2D eigenvalue weighted by molar-refractivity contribution is 5.97. The van der Waals surface area contributed by atoms with E-state index in [4.69, 9.17) is 0 Å². The smallest absolute Gasteiger partial charge is 0.226 e. The second-order valence-corrected chi connectivity index (χ2v) is 7.03. The van der Waals surface area contributed by atoms with Crippen LogP contribution in [0.2, 0.25) is 0 Å². The summed E-state index contributed by atoms with van der Waals surface area (Å²) in [6, 6.07) is -0.133. The minimum Gasteiger partial charge on any atom is -0.332 e. The molecule has 0 aromatic heterocycles. The summed E-state index contributed by atoms with van der Waals surface area (Å²) in [6.45, 7) is 10.9. The van der Waals surface area contributed by atoms with Crippen molar-refractivity contribution in [2.24, 2.45) is 23.2 Å². The van der Waals surface area contributed by atoms with Crippen molar-refractivity contribution in [1.29, 1.82) is 0 Å². The minimum atomic E-state index is -0.133. The molecule has 1 heterocycles. The number of hydrogen-bond donors (Lipinski definition) is 0. The first-order chi connectivity index (χ1) is 7.72. The molecule has 1 saturated heterocycles. The van der Waals surface area contributed by atoms with Crippen LogP contribution in [0.4, 0.5) is 0 Å². The molecule has 17 heavy (non-hydrogen) atoms. The number of amides is 1. The maximum Gasteiger partial charge on any atom is 0.226 e. The van der Waals surface area contributed by atoms with Gasteiger partial charge in [0.1, 0.15) is 0 Å². The highest BCUT2D eigenvalue weighted by atomic mass is 16.2. The van der Waals surface area contributed by atoms with Gasteiger partial charge in [-0.05, 0) is 17.8 Å². The largest absolute Gasteiger partial charge is 0.332 e. The quantitative estimate of drug-likeness (QED) is 0.754. The average molecular weight is 237 g/mol. The minimum absolute atomic E-state index is 0.0228. The molecule has 0 radical (unpaired) electrons. The SMILES string of the molecule is CC(C)C(=O)[C@@H]1[C@H]2C[C@H]2C(=O)N1CC(C)(C)C. The number of fused-ring (bicyclic) bond motifs is 1. The van der Waals surface area contributed by atoms with Crippen LogP contribution in [0.5, 0.6) is 0 Å². The van der Waals surface area contributed by atoms with Gasteiger partial charge in [-0.1, -0.05) is 34.6 Å². The molecule has 1 saturated carbocycles. The molecule has 96 valence electrons. The fourth-order valence-electron chi connectivity index (χ4n) is 2.82. The maximum absolute atomic E-state index is 12.2. The van der Waals surface area contributed by atoms with E-state index < -0.39 is 0 Å². The summed E-state index contributed by atoms with van der Waals surface area (Å²) in [4.78, 5) is 26.2. The number of carbonyl (C=O) groups is 2. The molecule has 3 heteroatoms. The van der Waals surface area contributed by atoms with Crippen LogP contribution in [0.25, 0.3) is 0 Å². The van der Waals surface area contributed by atoms with Gasteiger partial charge in [-0.15, -0.1) is 0 Å². The fraction of sp³-hybridized carbons (Fsp3) is 0.857. The van der Waals surface area contributed by atoms with E-state index in [0.717, 1.165) is 6.42 Å². The number of likely N-dealkylation sites (tertiary alicyclic amines) is 1. The number of Topliss-reactive ketones (excluding diaryl/α,β-unsaturated/α-hetero) is 1. The van der Waals surface area contributed by atoms with Crippen LogP contribution < -0.4 is 0 Å². The molecule has 0 spiro atoms. The Morgan fingerprint density at radius 3 is 2.47 bits per heavy atom. The summed E-state index contributed by atoms with van der Waals surface area (Å²) in [5, 5.41) is 0. The molecule has 0 N–H and O–H groups in total. The first-order valence-electron chi connectivity index (χ1n) is 6.56. The Hall–Kier alpha value is -0.860. The summed E-state index contributed by atoms with van der Waals surface area (Å²) in [6.07, 6.45) is 0.933. The van der Waals surface area contributed by atoms with E-state index in [1.54, 1.807) is 0 Å². The van der Waals surface area contributed by atoms with Gasteiger partial charge in [0, 0.05) is 18.4 Å². The average Bonchev–Trinajstić information content (AvgIpc) is 2.88. The highest BCUT2D eigenvalue weighted by Crippen LogP contribution is 2.51. The second-order valence-electron chi connectivity index (χ2n) is 7.03. The fourth-order valence-corrected chi connectivity index (χ4v) is 2.82. The van der Waals surface area contributed by atoms with E-state index in [2.05, 4.69) is 20.8 Å². The van der Waals surface area contributed by atoms with Crippen LogP contribution in [-0.4, -0.2) is 29.2 Å². The molecule has 0 unspecified atom stereocenters. The Balaban J connectivity index is 2.17. The topological polar surface area (TPSA) is 37.4 Å². The van der Waals surface area contributed by atoms with Crippen LogP contribution in [0.1, 0.15) is 41.0 Å². The van der Waals surface area contributed by atoms with Crippen LogP contribution >= 0.6 is 0 Å². The van der Waals surface area contributed by atoms with Crippen molar-refractivity contribution in [1.82, 2.24) is 4.90 Å². The van der Waals surface area contributed by atoms with Gasteiger partial charge in [-0.3, -0.25) is 9.59 Å². The Bertz CT molecular complexity index is 354. The van der Waals surface area contributed by atoms with Crippen molar-refractivity contribution in [2.45, 2.75) is 47.1 Å². The predicted molar refractivity (Wildman–Crippen MR) is 66.4 cm³/mol. The summed E-state index contributed by atoms with van der Waals surface area (Å²) in [7, 11) is 0. The third kappa shape index (κ3) is 2.24. The summed E-state index contributed by atoms with van der Waals surface area (Å²) < 4.78 is 0. The van der Waals surface area contributed by atoms with Crippen molar-refractivity contribution < 1.29 is 9.59 Å². The number of rotatable bonds is 3. The number of hydrogen-bond acceptors (Lipinski definition) is 2. The third-order valence-electron chi connectivity index (χ3n) is 3.69. The highest BCUT2D eigenvalue weighted by Gasteiger charge is 2.61. The lowest BCUT2D eigenvalue weighted by Gasteiger charge is -2.33. The van der Waals surface area contributed by atoms with Crippen LogP contribution in [0.15, 0.2) is 0 Å². The van der Waals surface area contributed by atoms with Crippen LogP contribution in [0, 0.1) is 23.2 Å².